The molecule has 0 aromatic heterocycles. The first-order chi connectivity index (χ1) is 13.9. The number of rotatable bonds is 3. The van der Waals surface area contributed by atoms with E-state index < -0.39 is 0 Å². The van der Waals surface area contributed by atoms with Gasteiger partial charge in [-0.15, -0.1) is 0 Å². The molecule has 0 amide bonds. The van der Waals surface area contributed by atoms with Gasteiger partial charge in [-0.2, -0.15) is 0 Å². The van der Waals surface area contributed by atoms with Crippen molar-refractivity contribution in [1.82, 2.24) is 0 Å². The highest BCUT2D eigenvalue weighted by atomic mass is 79.9. The lowest BCUT2D eigenvalue weighted by molar-refractivity contribution is 0.589. The van der Waals surface area contributed by atoms with Crippen LogP contribution in [-0.2, 0) is 10.8 Å². The summed E-state index contributed by atoms with van der Waals surface area (Å²) >= 11 is 13.8. The average Bonchev–Trinajstić information content (AvgIpc) is 2.65. The first kappa shape index (κ1) is 23.4. The largest absolute Gasteiger partial charge is 0.309 e. The van der Waals surface area contributed by atoms with Gasteiger partial charge in [0.25, 0.3) is 0 Å². The highest BCUT2D eigenvalue weighted by molar-refractivity contribution is 9.13. The number of hydrogen-bond acceptors (Lipinski definition) is 1. The van der Waals surface area contributed by atoms with Gasteiger partial charge in [0.2, 0.25) is 0 Å². The second-order valence-electron chi connectivity index (χ2n) is 9.65. The van der Waals surface area contributed by atoms with Gasteiger partial charge in [0.1, 0.15) is 0 Å². The molecule has 0 aliphatic carbocycles. The van der Waals surface area contributed by atoms with Gasteiger partial charge in [-0.1, -0.05) is 65.3 Å². The summed E-state index contributed by atoms with van der Waals surface area (Å²) < 4.78 is 2.06. The van der Waals surface area contributed by atoms with E-state index in [9.17, 15) is 0 Å². The molecule has 0 aliphatic rings. The van der Waals surface area contributed by atoms with Crippen LogP contribution < -0.4 is 4.90 Å². The fourth-order valence-corrected chi connectivity index (χ4v) is 4.28. The van der Waals surface area contributed by atoms with E-state index in [0.29, 0.717) is 0 Å². The predicted octanol–water partition coefficient (Wildman–Crippen LogP) is 9.93. The van der Waals surface area contributed by atoms with Crippen molar-refractivity contribution in [3.05, 3.63) is 85.8 Å². The Hall–Kier alpha value is -1.29. The Labute approximate surface area is 202 Å². The summed E-state index contributed by atoms with van der Waals surface area (Å²) in [7, 11) is 0. The molecule has 3 aromatic rings. The monoisotopic (exact) mass is 547 g/mol. The van der Waals surface area contributed by atoms with Gasteiger partial charge in [0.05, 0.1) is 10.2 Å². The maximum absolute atomic E-state index is 6.20. The molecule has 0 N–H and O–H groups in total. The maximum Gasteiger partial charge on any atom is 0.0618 e. The Morgan fingerprint density at radius 1 is 0.700 bits per heavy atom. The predicted molar refractivity (Wildman–Crippen MR) is 139 cm³/mol. The molecule has 0 fully saturated rings. The fraction of sp³-hybridized carbons (Fsp3) is 0.308. The van der Waals surface area contributed by atoms with Gasteiger partial charge in [0.15, 0.2) is 0 Å². The van der Waals surface area contributed by atoms with Crippen LogP contribution >= 0.6 is 43.5 Å². The second kappa shape index (κ2) is 8.68. The van der Waals surface area contributed by atoms with Crippen molar-refractivity contribution in [3.63, 3.8) is 0 Å². The molecule has 0 saturated carbocycles. The molecule has 1 nitrogen and oxygen atoms in total. The lowest BCUT2D eigenvalue weighted by atomic mass is 9.86. The van der Waals surface area contributed by atoms with Crippen LogP contribution in [0.4, 0.5) is 17.1 Å². The molecule has 0 atom stereocenters. The standard InChI is InChI=1S/C26H28Br2ClN/c1-25(2,3)17-8-7-9-21(14-17)30(20-12-10-19(29)11-13-20)23-16-18(26(4,5)6)15-22(27)24(23)28/h7-16H,1-6H3. The highest BCUT2D eigenvalue weighted by Gasteiger charge is 2.23. The van der Waals surface area contributed by atoms with Crippen molar-refractivity contribution >= 4 is 60.5 Å². The average molecular weight is 550 g/mol. The van der Waals surface area contributed by atoms with Gasteiger partial charge >= 0.3 is 0 Å². The Bertz CT molecular complexity index is 1040. The third kappa shape index (κ3) is 5.12. The van der Waals surface area contributed by atoms with Crippen LogP contribution in [0.3, 0.4) is 0 Å². The van der Waals surface area contributed by atoms with Gasteiger partial charge in [-0.25, -0.2) is 0 Å². The molecule has 3 rings (SSSR count). The van der Waals surface area contributed by atoms with Gasteiger partial charge in [-0.3, -0.25) is 0 Å². The third-order valence-electron chi connectivity index (χ3n) is 5.17. The van der Waals surface area contributed by atoms with Crippen LogP contribution in [0.25, 0.3) is 0 Å². The zero-order valence-corrected chi connectivity index (χ0v) is 22.3. The topological polar surface area (TPSA) is 3.24 Å². The van der Waals surface area contributed by atoms with E-state index in [4.69, 9.17) is 11.6 Å². The lowest BCUT2D eigenvalue weighted by Gasteiger charge is -2.31. The van der Waals surface area contributed by atoms with Crippen molar-refractivity contribution < 1.29 is 0 Å². The summed E-state index contributed by atoms with van der Waals surface area (Å²) in [6.45, 7) is 13.4. The van der Waals surface area contributed by atoms with E-state index in [2.05, 4.69) is 127 Å². The summed E-state index contributed by atoms with van der Waals surface area (Å²) in [5, 5.41) is 0.728. The van der Waals surface area contributed by atoms with Crippen LogP contribution in [0, 0.1) is 0 Å². The molecule has 0 bridgehead atoms. The molecule has 3 aromatic carbocycles. The van der Waals surface area contributed by atoms with Crippen molar-refractivity contribution in [1.29, 1.82) is 0 Å². The minimum atomic E-state index is 0.0247. The number of benzene rings is 3. The summed E-state index contributed by atoms with van der Waals surface area (Å²) in [4.78, 5) is 2.29. The van der Waals surface area contributed by atoms with E-state index in [1.807, 2.05) is 12.1 Å². The minimum Gasteiger partial charge on any atom is -0.309 e. The molecule has 0 saturated heterocycles. The molecule has 0 aliphatic heterocycles. The van der Waals surface area contributed by atoms with E-state index >= 15 is 0 Å². The van der Waals surface area contributed by atoms with Crippen LogP contribution in [0.2, 0.25) is 5.02 Å². The van der Waals surface area contributed by atoms with Crippen LogP contribution in [0.5, 0.6) is 0 Å². The number of halogens is 3. The van der Waals surface area contributed by atoms with Crippen LogP contribution in [0.1, 0.15) is 52.7 Å². The molecule has 0 spiro atoms. The van der Waals surface area contributed by atoms with Crippen LogP contribution in [0.15, 0.2) is 69.6 Å². The molecule has 0 heterocycles. The number of nitrogens with zero attached hydrogens (tertiary/aromatic N) is 1. The molecule has 0 unspecified atom stereocenters. The van der Waals surface area contributed by atoms with Gasteiger partial charge < -0.3 is 4.90 Å². The minimum absolute atomic E-state index is 0.0247. The first-order valence-corrected chi connectivity index (χ1v) is 12.0. The molecule has 4 heteroatoms. The van der Waals surface area contributed by atoms with Gasteiger partial charge in [0, 0.05) is 20.9 Å². The van der Waals surface area contributed by atoms with Crippen molar-refractivity contribution in [3.8, 4) is 0 Å². The smallest absolute Gasteiger partial charge is 0.0618 e. The summed E-state index contributed by atoms with van der Waals surface area (Å²) in [5.74, 6) is 0. The van der Waals surface area contributed by atoms with Crippen molar-refractivity contribution in [2.75, 3.05) is 4.90 Å². The fourth-order valence-electron chi connectivity index (χ4n) is 3.30. The quantitative estimate of drug-likeness (QED) is 0.314. The maximum atomic E-state index is 6.20. The van der Waals surface area contributed by atoms with E-state index in [0.717, 1.165) is 31.0 Å². The number of hydrogen-bond donors (Lipinski definition) is 0. The Kier molecular flexibility index (Phi) is 6.77. The molecule has 0 radical (unpaired) electrons. The molecule has 30 heavy (non-hydrogen) atoms. The zero-order chi connectivity index (χ0) is 22.3. The Morgan fingerprint density at radius 3 is 1.87 bits per heavy atom. The molecular formula is C26H28Br2ClN. The summed E-state index contributed by atoms with van der Waals surface area (Å²) in [6.07, 6.45) is 0. The lowest BCUT2D eigenvalue weighted by Crippen LogP contribution is -2.17. The number of anilines is 3. The summed E-state index contributed by atoms with van der Waals surface area (Å²) in [5.41, 5.74) is 5.90. The summed E-state index contributed by atoms with van der Waals surface area (Å²) in [6, 6.07) is 21.2. The van der Waals surface area contributed by atoms with Crippen molar-refractivity contribution in [2.45, 2.75) is 52.4 Å². The van der Waals surface area contributed by atoms with Crippen LogP contribution in [-0.4, -0.2) is 0 Å². The van der Waals surface area contributed by atoms with E-state index in [1.165, 1.54) is 11.1 Å². The normalized spacial score (nSPS) is 12.2. The van der Waals surface area contributed by atoms with E-state index in [1.54, 1.807) is 0 Å². The van der Waals surface area contributed by atoms with E-state index in [-0.39, 0.29) is 10.8 Å². The first-order valence-electron chi connectivity index (χ1n) is 10.0. The van der Waals surface area contributed by atoms with Crippen molar-refractivity contribution in [2.24, 2.45) is 0 Å². The highest BCUT2D eigenvalue weighted by Crippen LogP contribution is 2.45. The third-order valence-corrected chi connectivity index (χ3v) is 7.41. The zero-order valence-electron chi connectivity index (χ0n) is 18.4. The van der Waals surface area contributed by atoms with Gasteiger partial charge in [-0.05, 0) is 102 Å². The molecule has 158 valence electrons. The second-order valence-corrected chi connectivity index (χ2v) is 11.7. The molecular weight excluding hydrogens is 522 g/mol. The Morgan fingerprint density at radius 2 is 1.30 bits per heavy atom. The Balaban J connectivity index is 2.30. The SMILES string of the molecule is CC(C)(C)c1cccc(N(c2ccc(Cl)cc2)c2cc(C(C)(C)C)cc(Br)c2Br)c1.